The van der Waals surface area contributed by atoms with Crippen LogP contribution in [-0.2, 0) is 22.3 Å². The Balaban J connectivity index is 0.000000177. The smallest absolute Gasteiger partial charge is 0.251 e. The lowest BCUT2D eigenvalue weighted by molar-refractivity contribution is -0.00549. The predicted molar refractivity (Wildman–Crippen MR) is 238 cm³/mol. The lowest BCUT2D eigenvalue weighted by atomic mass is 10.0. The highest BCUT2D eigenvalue weighted by Crippen LogP contribution is 2.30. The van der Waals surface area contributed by atoms with E-state index in [4.69, 9.17) is 9.47 Å². The highest BCUT2D eigenvalue weighted by Gasteiger charge is 2.28. The van der Waals surface area contributed by atoms with E-state index >= 15 is 0 Å². The van der Waals surface area contributed by atoms with Gasteiger partial charge in [-0.25, -0.2) is 0 Å². The van der Waals surface area contributed by atoms with Crippen molar-refractivity contribution in [3.63, 3.8) is 0 Å². The summed E-state index contributed by atoms with van der Waals surface area (Å²) in [5, 5.41) is 0. The van der Waals surface area contributed by atoms with E-state index in [-0.39, 0.29) is 35.5 Å². The van der Waals surface area contributed by atoms with Crippen LogP contribution in [0, 0.1) is 0 Å². The van der Waals surface area contributed by atoms with Crippen molar-refractivity contribution in [2.75, 3.05) is 58.9 Å². The van der Waals surface area contributed by atoms with Gasteiger partial charge in [0, 0.05) is 87.0 Å². The topological polar surface area (TPSA) is 97.1 Å². The van der Waals surface area contributed by atoms with Gasteiger partial charge in [0.05, 0.1) is 24.4 Å². The maximum atomic E-state index is 12.6. The van der Waals surface area contributed by atoms with E-state index in [9.17, 15) is 9.59 Å². The molecular formula is C48H66N6O4. The maximum Gasteiger partial charge on any atom is 0.251 e. The van der Waals surface area contributed by atoms with Gasteiger partial charge in [-0.3, -0.25) is 9.59 Å². The van der Waals surface area contributed by atoms with E-state index in [0.717, 1.165) is 88.0 Å². The van der Waals surface area contributed by atoms with Crippen LogP contribution in [0.2, 0.25) is 0 Å². The van der Waals surface area contributed by atoms with Crippen LogP contribution < -0.4 is 30.7 Å². The molecule has 0 bridgehead atoms. The van der Waals surface area contributed by atoms with E-state index in [1.807, 2.05) is 0 Å². The molecule has 4 aromatic rings. The van der Waals surface area contributed by atoms with Crippen molar-refractivity contribution in [2.45, 2.75) is 128 Å². The molecule has 4 saturated heterocycles. The van der Waals surface area contributed by atoms with Crippen LogP contribution in [0.1, 0.15) is 90.2 Å². The van der Waals surface area contributed by atoms with Gasteiger partial charge in [0.1, 0.15) is 11.6 Å². The number of hydrogen-bond acceptors (Lipinski definition) is 8. The van der Waals surface area contributed by atoms with Crippen LogP contribution in [0.25, 0.3) is 0 Å². The highest BCUT2D eigenvalue weighted by molar-refractivity contribution is 5.57. The molecule has 8 rings (SSSR count). The Morgan fingerprint density at radius 3 is 1.28 bits per heavy atom. The molecule has 2 aromatic heterocycles. The van der Waals surface area contributed by atoms with Crippen LogP contribution >= 0.6 is 0 Å². The third-order valence-electron chi connectivity index (χ3n) is 12.2. The Bertz CT molecular complexity index is 1820. The van der Waals surface area contributed by atoms with E-state index in [1.54, 1.807) is 12.1 Å². The average molecular weight is 791 g/mol. The molecule has 4 aliphatic heterocycles. The van der Waals surface area contributed by atoms with Gasteiger partial charge in [0.15, 0.2) is 0 Å². The first-order valence-electron chi connectivity index (χ1n) is 22.1. The summed E-state index contributed by atoms with van der Waals surface area (Å²) >= 11 is 0. The Labute approximate surface area is 345 Å². The molecule has 6 heterocycles. The number of rotatable bonds is 8. The van der Waals surface area contributed by atoms with Crippen LogP contribution in [0.15, 0.2) is 94.5 Å². The van der Waals surface area contributed by atoms with Crippen LogP contribution in [0.4, 0.5) is 23.0 Å². The monoisotopic (exact) mass is 791 g/mol. The number of pyridine rings is 2. The quantitative estimate of drug-likeness (QED) is 0.186. The molecule has 0 spiro atoms. The molecule has 58 heavy (non-hydrogen) atoms. The molecule has 6 atom stereocenters. The number of benzene rings is 2. The number of morpholine rings is 2. The highest BCUT2D eigenvalue weighted by atomic mass is 16.5. The van der Waals surface area contributed by atoms with Gasteiger partial charge >= 0.3 is 0 Å². The summed E-state index contributed by atoms with van der Waals surface area (Å²) < 4.78 is 11.8. The fraction of sp³-hybridized carbons (Fsp3) is 0.542. The van der Waals surface area contributed by atoms with Gasteiger partial charge in [-0.05, 0) is 77.3 Å². The minimum Gasteiger partial charge on any atom is -0.372 e. The molecule has 2 aromatic carbocycles. The van der Waals surface area contributed by atoms with Crippen molar-refractivity contribution >= 4 is 23.0 Å². The fourth-order valence-electron chi connectivity index (χ4n) is 9.67. The van der Waals surface area contributed by atoms with E-state index in [1.165, 1.54) is 49.7 Å². The predicted octanol–water partition coefficient (Wildman–Crippen LogP) is 7.96. The molecule has 10 heteroatoms. The second kappa shape index (κ2) is 19.9. The maximum absolute atomic E-state index is 12.6. The van der Waals surface area contributed by atoms with Crippen LogP contribution in [0.3, 0.4) is 0 Å². The molecule has 0 radical (unpaired) electrons. The first kappa shape index (κ1) is 41.6. The van der Waals surface area contributed by atoms with E-state index in [2.05, 4.69) is 130 Å². The normalized spacial score (nSPS) is 25.7. The summed E-state index contributed by atoms with van der Waals surface area (Å²) in [4.78, 5) is 40.9. The first-order valence-corrected chi connectivity index (χ1v) is 22.1. The molecular weight excluding hydrogens is 725 g/mol. The van der Waals surface area contributed by atoms with Gasteiger partial charge < -0.3 is 39.0 Å². The third-order valence-corrected chi connectivity index (χ3v) is 12.2. The Morgan fingerprint density at radius 1 is 0.517 bits per heavy atom. The molecule has 2 N–H and O–H groups in total. The number of ether oxygens (including phenoxy) is 2. The molecule has 4 aliphatic rings. The summed E-state index contributed by atoms with van der Waals surface area (Å²) in [5.74, 6) is 1.92. The van der Waals surface area contributed by atoms with Crippen molar-refractivity contribution in [3.8, 4) is 0 Å². The summed E-state index contributed by atoms with van der Waals surface area (Å²) in [6.07, 6.45) is 12.4. The minimum atomic E-state index is -0.0213. The summed E-state index contributed by atoms with van der Waals surface area (Å²) in [6, 6.07) is 30.1. The molecule has 0 unspecified atom stereocenters. The SMILES string of the molecule is C[C@@H]1CN(c2cc(N3CCCCC[C@@H]3Cc3ccccc3)[nH]c(=O)c2)C[C@@H](C)O1.C[C@@H]1CN(c2cc(N3CCCCC[C@H]3Cc3ccccc3)[nH]c(=O)c2)C[C@@H](C)O1. The second-order valence-corrected chi connectivity index (χ2v) is 17.3. The Kier molecular flexibility index (Phi) is 14.3. The number of aromatic nitrogens is 2. The zero-order valence-corrected chi connectivity index (χ0v) is 35.3. The molecule has 10 nitrogen and oxygen atoms in total. The molecule has 0 saturated carbocycles. The van der Waals surface area contributed by atoms with Gasteiger partial charge in [-0.2, -0.15) is 0 Å². The van der Waals surface area contributed by atoms with Crippen LogP contribution in [0.5, 0.6) is 0 Å². The first-order chi connectivity index (χ1) is 28.2. The molecule has 0 amide bonds. The molecule has 312 valence electrons. The van der Waals surface area contributed by atoms with Crippen molar-refractivity contribution in [1.82, 2.24) is 9.97 Å². The number of aromatic amines is 2. The molecule has 0 aliphatic carbocycles. The lowest BCUT2D eigenvalue weighted by Gasteiger charge is -2.37. The Morgan fingerprint density at radius 2 is 0.897 bits per heavy atom. The molecule has 4 fully saturated rings. The van der Waals surface area contributed by atoms with Gasteiger partial charge in [0.2, 0.25) is 0 Å². The van der Waals surface area contributed by atoms with Gasteiger partial charge in [-0.1, -0.05) is 86.3 Å². The van der Waals surface area contributed by atoms with Crippen molar-refractivity contribution in [3.05, 3.63) is 117 Å². The summed E-state index contributed by atoms with van der Waals surface area (Å²) in [6.45, 7) is 13.7. The zero-order valence-electron chi connectivity index (χ0n) is 35.3. The van der Waals surface area contributed by atoms with Crippen molar-refractivity contribution in [1.29, 1.82) is 0 Å². The third kappa shape index (κ3) is 11.3. The van der Waals surface area contributed by atoms with Crippen molar-refractivity contribution < 1.29 is 9.47 Å². The van der Waals surface area contributed by atoms with E-state index < -0.39 is 0 Å². The van der Waals surface area contributed by atoms with Gasteiger partial charge in [-0.15, -0.1) is 0 Å². The standard InChI is InChI=1S/2C24H33N3O2/c2*1-18-16-26(17-19(2)29-18)22-14-23(25-24(28)15-22)27-12-8-4-7-11-21(27)13-20-9-5-3-6-10-20/h2*3,5-6,9-10,14-15,18-19,21H,4,7-8,11-13,16-17H2,1-2H3,(H,25,28)/t18-,19-,21+;18-,19-,21-/m11/s1. The number of hydrogen-bond donors (Lipinski definition) is 2. The fourth-order valence-corrected chi connectivity index (χ4v) is 9.67. The largest absolute Gasteiger partial charge is 0.372 e. The van der Waals surface area contributed by atoms with Gasteiger partial charge in [0.25, 0.3) is 11.1 Å². The van der Waals surface area contributed by atoms with Crippen LogP contribution in [-0.4, -0.2) is 85.7 Å². The number of H-pyrrole nitrogens is 2. The second-order valence-electron chi connectivity index (χ2n) is 17.3. The minimum absolute atomic E-state index is 0.0213. The Hall–Kier alpha value is -4.54. The van der Waals surface area contributed by atoms with E-state index in [0.29, 0.717) is 12.1 Å². The summed E-state index contributed by atoms with van der Waals surface area (Å²) in [5.41, 5.74) is 4.69. The average Bonchev–Trinajstić information content (AvgIpc) is 3.58. The zero-order chi connectivity index (χ0) is 40.4. The summed E-state index contributed by atoms with van der Waals surface area (Å²) in [7, 11) is 0. The lowest BCUT2D eigenvalue weighted by Crippen LogP contribution is -2.46. The number of nitrogens with one attached hydrogen (secondary N) is 2. The number of anilines is 4. The number of nitrogens with zero attached hydrogens (tertiary/aromatic N) is 4. The van der Waals surface area contributed by atoms with Crippen molar-refractivity contribution in [2.24, 2.45) is 0 Å².